The van der Waals surface area contributed by atoms with Crippen molar-refractivity contribution in [1.29, 1.82) is 0 Å². The molecule has 1 heterocycles. The number of nitrogens with one attached hydrogen (secondary N) is 2. The number of amides is 2. The molecule has 1 rings (SSSR count). The van der Waals surface area contributed by atoms with Crippen LogP contribution in [0.4, 0.5) is 4.79 Å². The Labute approximate surface area is 116 Å². The first kappa shape index (κ1) is 15.5. The Balaban J connectivity index is 1.90. The second kappa shape index (κ2) is 9.38. The maximum Gasteiger partial charge on any atom is 0.348 e. The van der Waals surface area contributed by atoms with Gasteiger partial charge >= 0.3 is 12.0 Å². The van der Waals surface area contributed by atoms with Crippen LogP contribution in [0.1, 0.15) is 39.0 Å². The van der Waals surface area contributed by atoms with Crippen LogP contribution in [-0.4, -0.2) is 29.5 Å². The molecule has 0 saturated carbocycles. The lowest BCUT2D eigenvalue weighted by atomic mass is 10.1. The molecule has 2 amide bonds. The molecule has 1 aliphatic rings. The normalized spacial score (nSPS) is 18.4. The van der Waals surface area contributed by atoms with Crippen LogP contribution >= 0.6 is 21.6 Å². The van der Waals surface area contributed by atoms with Gasteiger partial charge in [0.15, 0.2) is 0 Å². The maximum atomic E-state index is 11.2. The second-order valence-electron chi connectivity index (χ2n) is 4.01. The average molecular weight is 292 g/mol. The number of carbonyl (C=O) groups is 2. The molecule has 2 N–H and O–H groups in total. The Bertz CT molecular complexity index is 271. The molecule has 1 aliphatic heterocycles. The number of unbranched alkanes of at least 4 members (excludes halogenated alkanes) is 1. The molecule has 1 atom stereocenters. The van der Waals surface area contributed by atoms with Crippen molar-refractivity contribution >= 4 is 33.6 Å². The van der Waals surface area contributed by atoms with Gasteiger partial charge in [0, 0.05) is 24.0 Å². The highest BCUT2D eigenvalue weighted by Crippen LogP contribution is 2.39. The van der Waals surface area contributed by atoms with Gasteiger partial charge in [-0.15, -0.1) is 0 Å². The summed E-state index contributed by atoms with van der Waals surface area (Å²) >= 11 is 0. The van der Waals surface area contributed by atoms with Gasteiger partial charge < -0.3 is 10.2 Å². The number of carbonyl (C=O) groups excluding carboxylic acids is 2. The van der Waals surface area contributed by atoms with Crippen molar-refractivity contribution in [1.82, 2.24) is 10.8 Å². The molecule has 1 saturated heterocycles. The summed E-state index contributed by atoms with van der Waals surface area (Å²) in [5.41, 5.74) is 2.06. The molecule has 1 unspecified atom stereocenters. The first-order chi connectivity index (χ1) is 8.72. The van der Waals surface area contributed by atoms with Gasteiger partial charge in [-0.2, -0.15) is 5.48 Å². The first-order valence-corrected chi connectivity index (χ1v) is 8.62. The molecule has 0 aromatic heterocycles. The quantitative estimate of drug-likeness (QED) is 0.447. The van der Waals surface area contributed by atoms with Gasteiger partial charge in [0.1, 0.15) is 0 Å². The molecule has 1 fully saturated rings. The van der Waals surface area contributed by atoms with Crippen LogP contribution in [0.15, 0.2) is 0 Å². The fourth-order valence-corrected chi connectivity index (χ4v) is 4.50. The zero-order chi connectivity index (χ0) is 13.2. The van der Waals surface area contributed by atoms with Crippen LogP contribution in [0.25, 0.3) is 0 Å². The molecule has 7 heteroatoms. The topological polar surface area (TPSA) is 67.4 Å². The second-order valence-corrected chi connectivity index (χ2v) is 6.80. The summed E-state index contributed by atoms with van der Waals surface area (Å²) in [6, 6.07) is -0.456. The largest absolute Gasteiger partial charge is 0.348 e. The lowest BCUT2D eigenvalue weighted by Crippen LogP contribution is -2.37. The van der Waals surface area contributed by atoms with E-state index in [0.29, 0.717) is 6.54 Å². The van der Waals surface area contributed by atoms with E-state index in [0.717, 1.165) is 18.1 Å². The highest BCUT2D eigenvalue weighted by atomic mass is 33.1. The van der Waals surface area contributed by atoms with Gasteiger partial charge in [0.25, 0.3) is 0 Å². The van der Waals surface area contributed by atoms with Crippen molar-refractivity contribution in [2.45, 2.75) is 44.3 Å². The summed E-state index contributed by atoms with van der Waals surface area (Å²) in [6.45, 7) is 2.28. The first-order valence-electron chi connectivity index (χ1n) is 6.24. The summed E-state index contributed by atoms with van der Waals surface area (Å²) in [6.07, 6.45) is 4.84. The minimum absolute atomic E-state index is 0.247. The van der Waals surface area contributed by atoms with Crippen LogP contribution in [0.3, 0.4) is 0 Å². The standard InChI is InChI=1S/C11H20N2O3S2/c1-2-10(14)16-13-11(15)12-7-4-3-5-9-6-8-17-18-9/h9H,2-8H2,1H3,(H2,12,13,15). The van der Waals surface area contributed by atoms with Crippen LogP contribution in [0, 0.1) is 0 Å². The number of urea groups is 1. The molecular formula is C11H20N2O3S2. The van der Waals surface area contributed by atoms with Gasteiger partial charge in [-0.05, 0) is 19.3 Å². The Morgan fingerprint density at radius 1 is 1.39 bits per heavy atom. The number of hydrogen-bond donors (Lipinski definition) is 2. The van der Waals surface area contributed by atoms with Crippen molar-refractivity contribution in [3.05, 3.63) is 0 Å². The fraction of sp³-hybridized carbons (Fsp3) is 0.818. The third-order valence-corrected chi connectivity index (χ3v) is 5.52. The van der Waals surface area contributed by atoms with E-state index < -0.39 is 12.0 Å². The summed E-state index contributed by atoms with van der Waals surface area (Å²) in [4.78, 5) is 26.4. The Kier molecular flexibility index (Phi) is 8.08. The highest BCUT2D eigenvalue weighted by Gasteiger charge is 2.15. The monoisotopic (exact) mass is 292 g/mol. The molecule has 0 aliphatic carbocycles. The van der Waals surface area contributed by atoms with Crippen molar-refractivity contribution in [3.63, 3.8) is 0 Å². The van der Waals surface area contributed by atoms with E-state index in [4.69, 9.17) is 0 Å². The zero-order valence-corrected chi connectivity index (χ0v) is 12.2. The van der Waals surface area contributed by atoms with Gasteiger partial charge in [0.2, 0.25) is 0 Å². The van der Waals surface area contributed by atoms with E-state index in [1.807, 2.05) is 21.6 Å². The van der Waals surface area contributed by atoms with Crippen LogP contribution in [-0.2, 0) is 9.63 Å². The van der Waals surface area contributed by atoms with Gasteiger partial charge in [-0.1, -0.05) is 34.9 Å². The van der Waals surface area contributed by atoms with Crippen molar-refractivity contribution in [3.8, 4) is 0 Å². The average Bonchev–Trinajstić information content (AvgIpc) is 2.88. The molecule has 104 valence electrons. The molecule has 18 heavy (non-hydrogen) atoms. The van der Waals surface area contributed by atoms with Gasteiger partial charge in [-0.25, -0.2) is 9.59 Å². The van der Waals surface area contributed by atoms with Crippen molar-refractivity contribution in [2.75, 3.05) is 12.3 Å². The van der Waals surface area contributed by atoms with E-state index in [-0.39, 0.29) is 6.42 Å². The van der Waals surface area contributed by atoms with Crippen molar-refractivity contribution in [2.24, 2.45) is 0 Å². The van der Waals surface area contributed by atoms with E-state index in [9.17, 15) is 9.59 Å². The smallest absolute Gasteiger partial charge is 0.339 e. The highest BCUT2D eigenvalue weighted by molar-refractivity contribution is 8.77. The Morgan fingerprint density at radius 3 is 2.89 bits per heavy atom. The third kappa shape index (κ3) is 7.00. The summed E-state index contributed by atoms with van der Waals surface area (Å²) in [5.74, 6) is 0.819. The summed E-state index contributed by atoms with van der Waals surface area (Å²) < 4.78 is 0. The van der Waals surface area contributed by atoms with E-state index in [1.165, 1.54) is 18.6 Å². The van der Waals surface area contributed by atoms with Crippen molar-refractivity contribution < 1.29 is 14.4 Å². The Morgan fingerprint density at radius 2 is 2.22 bits per heavy atom. The fourth-order valence-electron chi connectivity index (χ4n) is 1.47. The molecule has 0 aromatic rings. The molecular weight excluding hydrogens is 272 g/mol. The summed E-state index contributed by atoms with van der Waals surface area (Å²) in [7, 11) is 3.93. The van der Waals surface area contributed by atoms with Crippen LogP contribution in [0.2, 0.25) is 0 Å². The number of rotatable bonds is 6. The van der Waals surface area contributed by atoms with Gasteiger partial charge in [0.05, 0.1) is 0 Å². The van der Waals surface area contributed by atoms with E-state index in [1.54, 1.807) is 6.92 Å². The minimum Gasteiger partial charge on any atom is -0.339 e. The lowest BCUT2D eigenvalue weighted by molar-refractivity contribution is -0.148. The SMILES string of the molecule is CCC(=O)ONC(=O)NCCCCC1CCSS1. The third-order valence-electron chi connectivity index (χ3n) is 2.51. The lowest BCUT2D eigenvalue weighted by Gasteiger charge is -2.08. The predicted molar refractivity (Wildman–Crippen MR) is 75.2 cm³/mol. The minimum atomic E-state index is -0.456. The zero-order valence-electron chi connectivity index (χ0n) is 10.6. The van der Waals surface area contributed by atoms with E-state index in [2.05, 4.69) is 15.6 Å². The van der Waals surface area contributed by atoms with E-state index >= 15 is 0 Å². The Hall–Kier alpha value is -0.560. The molecule has 0 bridgehead atoms. The van der Waals surface area contributed by atoms with Gasteiger partial charge in [-0.3, -0.25) is 0 Å². The van der Waals surface area contributed by atoms with Crippen LogP contribution in [0.5, 0.6) is 0 Å². The van der Waals surface area contributed by atoms with Crippen LogP contribution < -0.4 is 10.8 Å². The molecule has 5 nitrogen and oxygen atoms in total. The number of hydrogen-bond acceptors (Lipinski definition) is 5. The molecule has 0 spiro atoms. The molecule has 0 radical (unpaired) electrons. The number of hydroxylamine groups is 1. The maximum absolute atomic E-state index is 11.2. The summed E-state index contributed by atoms with van der Waals surface area (Å²) in [5, 5.41) is 3.43. The predicted octanol–water partition coefficient (Wildman–Crippen LogP) is 2.48. The molecule has 0 aromatic carbocycles.